The molecule has 1 aromatic heterocycles. The molecule has 10 nitrogen and oxygen atoms in total. The summed E-state index contributed by atoms with van der Waals surface area (Å²) < 4.78 is 34.1. The van der Waals surface area contributed by atoms with Gasteiger partial charge in [0, 0.05) is 11.8 Å². The summed E-state index contributed by atoms with van der Waals surface area (Å²) in [5.74, 6) is -3.01. The number of H-pyrrole nitrogens is 1. The van der Waals surface area contributed by atoms with Gasteiger partial charge in [-0.05, 0) is 6.92 Å². The van der Waals surface area contributed by atoms with Crippen LogP contribution in [0.5, 0.6) is 0 Å². The first-order valence-electron chi connectivity index (χ1n) is 6.05. The van der Waals surface area contributed by atoms with Gasteiger partial charge in [-0.2, -0.15) is 0 Å². The third kappa shape index (κ3) is 6.11. The van der Waals surface area contributed by atoms with Crippen LogP contribution in [0.25, 0.3) is 0 Å². The molecule has 0 saturated carbocycles. The predicted octanol–water partition coefficient (Wildman–Crippen LogP) is -8.36. The molecule has 24 heavy (non-hydrogen) atoms. The first kappa shape index (κ1) is 24.6. The molecule has 1 aliphatic heterocycles. The maximum atomic E-state index is 14.0. The van der Waals surface area contributed by atoms with Gasteiger partial charge in [0.05, 0.1) is 20.9 Å². The Balaban J connectivity index is 0.00000264. The van der Waals surface area contributed by atoms with E-state index in [4.69, 9.17) is 4.74 Å². The van der Waals surface area contributed by atoms with Crippen molar-refractivity contribution in [1.82, 2.24) is 9.55 Å². The molecule has 1 aliphatic rings. The van der Waals surface area contributed by atoms with Gasteiger partial charge >= 0.3 is 64.8 Å². The zero-order valence-electron chi connectivity index (χ0n) is 13.2. The van der Waals surface area contributed by atoms with Gasteiger partial charge in [0.1, 0.15) is 12.3 Å². The number of aromatic amines is 1. The molecular weight excluding hydrogens is 372 g/mol. The quantitative estimate of drug-likeness (QED) is 0.383. The molecule has 1 aromatic rings. The van der Waals surface area contributed by atoms with E-state index in [1.807, 2.05) is 4.98 Å². The van der Waals surface area contributed by atoms with Crippen molar-refractivity contribution in [1.29, 1.82) is 0 Å². The van der Waals surface area contributed by atoms with Crippen LogP contribution in [0.3, 0.4) is 0 Å². The number of aliphatic hydroxyl groups is 1. The van der Waals surface area contributed by atoms with E-state index < -0.39 is 50.3 Å². The summed E-state index contributed by atoms with van der Waals surface area (Å²) in [5.41, 5.74) is -1.38. The molecule has 2 N–H and O–H groups in total. The van der Waals surface area contributed by atoms with E-state index in [0.717, 1.165) is 10.8 Å². The maximum absolute atomic E-state index is 14.0. The Hall–Kier alpha value is 0.640. The largest absolute Gasteiger partial charge is 1.00 e. The Bertz CT molecular complexity index is 732. The number of phosphoric ester groups is 1. The van der Waals surface area contributed by atoms with Gasteiger partial charge in [-0.3, -0.25) is 14.3 Å². The van der Waals surface area contributed by atoms with E-state index in [2.05, 4.69) is 4.52 Å². The van der Waals surface area contributed by atoms with Gasteiger partial charge in [-0.15, -0.1) is 0 Å². The second-order valence-electron chi connectivity index (χ2n) is 4.82. The SMILES string of the molecule is Cc1cn([C@H]2C[C@@](O)(F)[C@@H](COP(=O)([O-])[O-])O2)c(=O)[nH]c1=O.[Na+].[Na+]. The number of phosphoric acid groups is 1. The monoisotopic (exact) mass is 384 g/mol. The fourth-order valence-electron chi connectivity index (χ4n) is 2.01. The number of rotatable bonds is 4. The van der Waals surface area contributed by atoms with Gasteiger partial charge in [0.2, 0.25) is 5.85 Å². The van der Waals surface area contributed by atoms with Crippen LogP contribution in [0.15, 0.2) is 15.8 Å². The van der Waals surface area contributed by atoms with Crippen molar-refractivity contribution < 1.29 is 92.2 Å². The first-order valence-corrected chi connectivity index (χ1v) is 7.51. The van der Waals surface area contributed by atoms with Crippen LogP contribution in [0.1, 0.15) is 18.2 Å². The molecule has 2 rings (SSSR count). The Morgan fingerprint density at radius 3 is 2.67 bits per heavy atom. The molecule has 0 bridgehead atoms. The summed E-state index contributed by atoms with van der Waals surface area (Å²) in [6, 6.07) is 0. The first-order chi connectivity index (χ1) is 9.99. The van der Waals surface area contributed by atoms with E-state index in [1.165, 1.54) is 6.92 Å². The van der Waals surface area contributed by atoms with Crippen molar-refractivity contribution in [2.24, 2.45) is 0 Å². The second kappa shape index (κ2) is 9.03. The standard InChI is InChI=1S/C10H14FN2O8P.2Na/c1-5-3-13(9(15)12-8(5)14)7-2-10(11,16)6(21-7)4-20-22(17,18)19;;/h3,6-7,16H,2,4H2,1H3,(H,12,14,15)(H2,17,18,19);;/q;2*+1/p-2/t6-,7-,10+;;/m1../s1. The zero-order valence-corrected chi connectivity index (χ0v) is 18.1. The van der Waals surface area contributed by atoms with Crippen LogP contribution in [0.4, 0.5) is 4.39 Å². The number of halogens is 1. The topological polar surface area (TPSA) is 157 Å². The van der Waals surface area contributed by atoms with Gasteiger partial charge in [-0.1, -0.05) is 0 Å². The van der Waals surface area contributed by atoms with Gasteiger partial charge in [0.25, 0.3) is 5.56 Å². The van der Waals surface area contributed by atoms with Crippen LogP contribution in [-0.4, -0.2) is 33.2 Å². The number of hydrogen-bond donors (Lipinski definition) is 2. The van der Waals surface area contributed by atoms with E-state index in [-0.39, 0.29) is 64.7 Å². The molecule has 1 saturated heterocycles. The van der Waals surface area contributed by atoms with Crippen LogP contribution in [-0.2, 0) is 13.8 Å². The molecule has 0 radical (unpaired) electrons. The summed E-state index contributed by atoms with van der Waals surface area (Å²) in [5, 5.41) is 9.54. The number of aromatic nitrogens is 2. The van der Waals surface area contributed by atoms with Gasteiger partial charge < -0.3 is 28.7 Å². The molecule has 0 unspecified atom stereocenters. The number of nitrogens with zero attached hydrogens (tertiary/aromatic N) is 1. The Morgan fingerprint density at radius 2 is 2.12 bits per heavy atom. The maximum Gasteiger partial charge on any atom is 1.00 e. The molecular formula is C10H12FN2Na2O8P. The smallest absolute Gasteiger partial charge is 0.790 e. The summed E-state index contributed by atoms with van der Waals surface area (Å²) in [7, 11) is -5.36. The fourth-order valence-corrected chi connectivity index (χ4v) is 2.33. The molecule has 1 fully saturated rings. The number of alkyl halides is 1. The molecule has 0 spiro atoms. The molecule has 0 amide bonds. The average molecular weight is 384 g/mol. The number of hydrogen-bond acceptors (Lipinski definition) is 8. The van der Waals surface area contributed by atoms with E-state index >= 15 is 0 Å². The fraction of sp³-hybridized carbons (Fsp3) is 0.600. The van der Waals surface area contributed by atoms with E-state index in [0.29, 0.717) is 0 Å². The van der Waals surface area contributed by atoms with Crippen molar-refractivity contribution >= 4 is 7.82 Å². The molecule has 14 heteroatoms. The number of aryl methyl sites for hydroxylation is 1. The second-order valence-corrected chi connectivity index (χ2v) is 5.98. The summed E-state index contributed by atoms with van der Waals surface area (Å²) in [4.78, 5) is 45.7. The van der Waals surface area contributed by atoms with Crippen molar-refractivity contribution in [2.75, 3.05) is 6.61 Å². The van der Waals surface area contributed by atoms with Crippen molar-refractivity contribution in [3.05, 3.63) is 32.6 Å². The normalized spacial score (nSPS) is 26.5. The van der Waals surface area contributed by atoms with E-state index in [9.17, 15) is 33.4 Å². The zero-order chi connectivity index (χ0) is 16.7. The number of ether oxygens (including phenoxy) is 1. The predicted molar refractivity (Wildman–Crippen MR) is 64.2 cm³/mol. The number of nitrogens with one attached hydrogen (secondary N) is 1. The van der Waals surface area contributed by atoms with Crippen LogP contribution in [0, 0.1) is 6.92 Å². The van der Waals surface area contributed by atoms with Crippen molar-refractivity contribution in [2.45, 2.75) is 31.5 Å². The molecule has 3 atom stereocenters. The minimum Gasteiger partial charge on any atom is -0.790 e. The van der Waals surface area contributed by atoms with Gasteiger partial charge in [0.15, 0.2) is 0 Å². The Morgan fingerprint density at radius 1 is 1.54 bits per heavy atom. The van der Waals surface area contributed by atoms with Crippen LogP contribution in [0.2, 0.25) is 0 Å². The third-order valence-corrected chi connectivity index (χ3v) is 3.58. The third-order valence-electron chi connectivity index (χ3n) is 3.12. The van der Waals surface area contributed by atoms with Gasteiger partial charge in [-0.25, -0.2) is 9.18 Å². The minimum atomic E-state index is -5.36. The molecule has 0 aromatic carbocycles. The summed E-state index contributed by atoms with van der Waals surface area (Å²) >= 11 is 0. The Kier molecular flexibility index (Phi) is 9.27. The Labute approximate surface area is 179 Å². The summed E-state index contributed by atoms with van der Waals surface area (Å²) in [6.45, 7) is 0.363. The van der Waals surface area contributed by atoms with Crippen molar-refractivity contribution in [3.63, 3.8) is 0 Å². The summed E-state index contributed by atoms with van der Waals surface area (Å²) in [6.07, 6.45) is -2.69. The molecule has 0 aliphatic carbocycles. The average Bonchev–Trinajstić information content (AvgIpc) is 2.65. The molecule has 2 heterocycles. The molecule has 124 valence electrons. The van der Waals surface area contributed by atoms with Crippen molar-refractivity contribution in [3.8, 4) is 0 Å². The van der Waals surface area contributed by atoms with E-state index in [1.54, 1.807) is 0 Å². The minimum absolute atomic E-state index is 0. The van der Waals surface area contributed by atoms with Crippen LogP contribution < -0.4 is 80.2 Å². The van der Waals surface area contributed by atoms with Crippen LogP contribution >= 0.6 is 7.82 Å².